The van der Waals surface area contributed by atoms with Crippen molar-refractivity contribution in [3.05, 3.63) is 45.4 Å². The van der Waals surface area contributed by atoms with Gasteiger partial charge in [0.15, 0.2) is 0 Å². The number of ether oxygens (including phenoxy) is 1. The zero-order valence-electron chi connectivity index (χ0n) is 14.6. The number of aromatic nitrogens is 1. The smallest absolute Gasteiger partial charge is 0.416 e. The van der Waals surface area contributed by atoms with Crippen LogP contribution in [0, 0.1) is 5.92 Å². The molecule has 0 saturated heterocycles. The first-order chi connectivity index (χ1) is 12.8. The number of carbonyl (C=O) groups excluding carboxylic acids is 1. The molecule has 27 heavy (non-hydrogen) atoms. The molecule has 0 radical (unpaired) electrons. The number of rotatable bonds is 6. The Morgan fingerprint density at radius 1 is 1.26 bits per heavy atom. The molecule has 0 N–H and O–H groups in total. The fourth-order valence-corrected chi connectivity index (χ4v) is 4.03. The molecular weight excluding hydrogens is 379 g/mol. The molecule has 0 bridgehead atoms. The second kappa shape index (κ2) is 8.29. The second-order valence-electron chi connectivity index (χ2n) is 6.73. The number of alkyl halides is 3. The van der Waals surface area contributed by atoms with Gasteiger partial charge in [-0.15, -0.1) is 11.3 Å². The summed E-state index contributed by atoms with van der Waals surface area (Å²) in [6.07, 6.45) is 1.26. The maximum absolute atomic E-state index is 13.1. The maximum atomic E-state index is 13.1. The Labute approximate surface area is 159 Å². The third kappa shape index (κ3) is 5.22. The predicted octanol–water partition coefficient (Wildman–Crippen LogP) is 4.08. The summed E-state index contributed by atoms with van der Waals surface area (Å²) in [4.78, 5) is 14.8. The SMILES string of the molecule is O=C([O-])c1csc(Cc2cc(C(F)(F)F)ccc2OCC2CCCCC2)n1. The van der Waals surface area contributed by atoms with Gasteiger partial charge in [0.1, 0.15) is 5.75 Å². The Balaban J connectivity index is 1.81. The standard InChI is InChI=1S/C19H20F3NO3S/c20-19(21,22)14-6-7-16(26-10-12-4-2-1-3-5-12)13(8-14)9-17-23-15(11-27-17)18(24)25/h6-8,11-12H,1-5,9-10H2,(H,24,25)/p-1. The molecule has 0 aliphatic heterocycles. The molecule has 0 unspecified atom stereocenters. The summed E-state index contributed by atoms with van der Waals surface area (Å²) >= 11 is 1.07. The summed E-state index contributed by atoms with van der Waals surface area (Å²) in [7, 11) is 0. The Bertz CT molecular complexity index is 798. The van der Waals surface area contributed by atoms with Crippen LogP contribution in [0.4, 0.5) is 13.2 Å². The van der Waals surface area contributed by atoms with Gasteiger partial charge in [-0.1, -0.05) is 19.3 Å². The molecule has 1 heterocycles. The van der Waals surface area contributed by atoms with E-state index in [-0.39, 0.29) is 12.1 Å². The zero-order chi connectivity index (χ0) is 19.4. The third-order valence-corrected chi connectivity index (χ3v) is 5.54. The van der Waals surface area contributed by atoms with Crippen molar-refractivity contribution in [1.82, 2.24) is 4.98 Å². The molecule has 3 rings (SSSR count). The molecular formula is C19H19F3NO3S-. The van der Waals surface area contributed by atoms with E-state index in [1.165, 1.54) is 17.9 Å². The van der Waals surface area contributed by atoms with Crippen molar-refractivity contribution in [3.8, 4) is 5.75 Å². The molecule has 1 aromatic heterocycles. The van der Waals surface area contributed by atoms with E-state index in [0.29, 0.717) is 28.8 Å². The first-order valence-corrected chi connectivity index (χ1v) is 9.69. The minimum atomic E-state index is -4.46. The van der Waals surface area contributed by atoms with Gasteiger partial charge in [0.05, 0.1) is 28.8 Å². The Kier molecular flexibility index (Phi) is 6.04. The van der Waals surface area contributed by atoms with E-state index in [4.69, 9.17) is 4.74 Å². The van der Waals surface area contributed by atoms with Gasteiger partial charge < -0.3 is 14.6 Å². The molecule has 1 fully saturated rings. The van der Waals surface area contributed by atoms with E-state index in [2.05, 4.69) is 4.98 Å². The highest BCUT2D eigenvalue weighted by molar-refractivity contribution is 7.09. The number of nitrogens with zero attached hydrogens (tertiary/aromatic N) is 1. The number of hydrogen-bond acceptors (Lipinski definition) is 5. The number of aromatic carboxylic acids is 1. The molecule has 4 nitrogen and oxygen atoms in total. The van der Waals surface area contributed by atoms with Crippen LogP contribution in [-0.2, 0) is 12.6 Å². The van der Waals surface area contributed by atoms with E-state index < -0.39 is 17.7 Å². The predicted molar refractivity (Wildman–Crippen MR) is 92.8 cm³/mol. The van der Waals surface area contributed by atoms with Gasteiger partial charge in [0, 0.05) is 17.4 Å². The van der Waals surface area contributed by atoms with Crippen LogP contribution in [0.15, 0.2) is 23.6 Å². The Hall–Kier alpha value is -2.09. The molecule has 1 aromatic carbocycles. The van der Waals surface area contributed by atoms with Gasteiger partial charge in [-0.2, -0.15) is 13.2 Å². The lowest BCUT2D eigenvalue weighted by Gasteiger charge is -2.22. The van der Waals surface area contributed by atoms with Crippen molar-refractivity contribution >= 4 is 17.3 Å². The summed E-state index contributed by atoms with van der Waals surface area (Å²) < 4.78 is 45.1. The number of carbonyl (C=O) groups is 1. The van der Waals surface area contributed by atoms with Gasteiger partial charge in [0.25, 0.3) is 0 Å². The molecule has 1 aliphatic rings. The minimum absolute atomic E-state index is 0.0713. The van der Waals surface area contributed by atoms with Crippen molar-refractivity contribution < 1.29 is 27.8 Å². The van der Waals surface area contributed by atoms with Crippen LogP contribution in [0.25, 0.3) is 0 Å². The topological polar surface area (TPSA) is 62.2 Å². The highest BCUT2D eigenvalue weighted by Crippen LogP contribution is 2.34. The van der Waals surface area contributed by atoms with Gasteiger partial charge in [-0.05, 0) is 37.0 Å². The van der Waals surface area contributed by atoms with Gasteiger partial charge in [-0.25, -0.2) is 4.98 Å². The number of hydrogen-bond donors (Lipinski definition) is 0. The van der Waals surface area contributed by atoms with Crippen LogP contribution in [0.5, 0.6) is 5.75 Å². The van der Waals surface area contributed by atoms with Crippen LogP contribution in [0.3, 0.4) is 0 Å². The first kappa shape index (κ1) is 19.7. The lowest BCUT2D eigenvalue weighted by atomic mass is 9.90. The van der Waals surface area contributed by atoms with Crippen molar-refractivity contribution in [2.24, 2.45) is 5.92 Å². The monoisotopic (exact) mass is 398 g/mol. The molecule has 2 aromatic rings. The summed E-state index contributed by atoms with van der Waals surface area (Å²) in [6.45, 7) is 0.473. The van der Waals surface area contributed by atoms with E-state index in [9.17, 15) is 23.1 Å². The average Bonchev–Trinajstić information content (AvgIpc) is 3.09. The highest BCUT2D eigenvalue weighted by atomic mass is 32.1. The average molecular weight is 398 g/mol. The van der Waals surface area contributed by atoms with Gasteiger partial charge in [-0.3, -0.25) is 0 Å². The minimum Gasteiger partial charge on any atom is -0.543 e. The van der Waals surface area contributed by atoms with Crippen molar-refractivity contribution in [2.45, 2.75) is 44.7 Å². The molecule has 1 saturated carbocycles. The van der Waals surface area contributed by atoms with Gasteiger partial charge >= 0.3 is 6.18 Å². The molecule has 8 heteroatoms. The van der Waals surface area contributed by atoms with E-state index in [1.54, 1.807) is 0 Å². The van der Waals surface area contributed by atoms with E-state index in [1.807, 2.05) is 0 Å². The van der Waals surface area contributed by atoms with Crippen LogP contribution >= 0.6 is 11.3 Å². The number of carboxylic acids is 1. The highest BCUT2D eigenvalue weighted by Gasteiger charge is 2.31. The summed E-state index contributed by atoms with van der Waals surface area (Å²) in [6, 6.07) is 3.40. The summed E-state index contributed by atoms with van der Waals surface area (Å²) in [5.41, 5.74) is -0.634. The summed E-state index contributed by atoms with van der Waals surface area (Å²) in [5.74, 6) is -0.604. The fraction of sp³-hybridized carbons (Fsp3) is 0.474. The normalized spacial score (nSPS) is 15.7. The zero-order valence-corrected chi connectivity index (χ0v) is 15.4. The number of halogens is 3. The van der Waals surface area contributed by atoms with E-state index >= 15 is 0 Å². The second-order valence-corrected chi connectivity index (χ2v) is 7.67. The van der Waals surface area contributed by atoms with Crippen LogP contribution in [0.1, 0.15) is 58.7 Å². The van der Waals surface area contributed by atoms with Crippen molar-refractivity contribution in [1.29, 1.82) is 0 Å². The summed E-state index contributed by atoms with van der Waals surface area (Å²) in [5, 5.41) is 12.6. The molecule has 0 atom stereocenters. The van der Waals surface area contributed by atoms with Crippen LogP contribution in [-0.4, -0.2) is 17.6 Å². The maximum Gasteiger partial charge on any atom is 0.416 e. The number of thiazole rings is 1. The Morgan fingerprint density at radius 3 is 2.63 bits per heavy atom. The van der Waals surface area contributed by atoms with Crippen molar-refractivity contribution in [3.63, 3.8) is 0 Å². The lowest BCUT2D eigenvalue weighted by Crippen LogP contribution is -2.22. The molecule has 0 amide bonds. The molecule has 146 valence electrons. The number of carboxylic acid groups (broad SMARTS) is 1. The molecule has 1 aliphatic carbocycles. The van der Waals surface area contributed by atoms with Crippen molar-refractivity contribution in [2.75, 3.05) is 6.61 Å². The lowest BCUT2D eigenvalue weighted by molar-refractivity contribution is -0.255. The Morgan fingerprint density at radius 2 is 2.00 bits per heavy atom. The van der Waals surface area contributed by atoms with Gasteiger partial charge in [0.2, 0.25) is 0 Å². The van der Waals surface area contributed by atoms with Crippen LogP contribution < -0.4 is 9.84 Å². The van der Waals surface area contributed by atoms with Crippen LogP contribution in [0.2, 0.25) is 0 Å². The van der Waals surface area contributed by atoms with E-state index in [0.717, 1.165) is 49.2 Å². The largest absolute Gasteiger partial charge is 0.543 e. The number of benzene rings is 1. The fourth-order valence-electron chi connectivity index (χ4n) is 3.24. The molecule has 0 spiro atoms. The first-order valence-electron chi connectivity index (χ1n) is 8.81. The third-order valence-electron chi connectivity index (χ3n) is 4.69. The quantitative estimate of drug-likeness (QED) is 0.736.